The fourth-order valence-corrected chi connectivity index (χ4v) is 2.36. The Kier molecular flexibility index (Phi) is 7.20. The average Bonchev–Trinajstić information content (AvgIpc) is 2.32. The molecule has 1 rings (SSSR count). The molecule has 0 aromatic carbocycles. The summed E-state index contributed by atoms with van der Waals surface area (Å²) in [6, 6.07) is 0. The number of hydrogen-bond donors (Lipinski definition) is 2. The van der Waals surface area contributed by atoms with Crippen molar-refractivity contribution in [2.45, 2.75) is 58.5 Å². The van der Waals surface area contributed by atoms with Gasteiger partial charge in [-0.25, -0.2) is 0 Å². The van der Waals surface area contributed by atoms with Crippen molar-refractivity contribution in [1.82, 2.24) is 5.32 Å². The average molecular weight is 257 g/mol. The van der Waals surface area contributed by atoms with Gasteiger partial charge in [0.25, 0.3) is 0 Å². The molecule has 1 fully saturated rings. The van der Waals surface area contributed by atoms with E-state index in [1.54, 1.807) is 0 Å². The standard InChI is InChI=1S/C15H31NO2/c1-13(2)6-10-18-11-9-16-12-15(17)7-4-14(3)5-8-15/h13-14,16-17H,4-12H2,1-3H3. The van der Waals surface area contributed by atoms with Crippen LogP contribution >= 0.6 is 0 Å². The second kappa shape index (κ2) is 8.13. The molecule has 0 radical (unpaired) electrons. The molecule has 1 aliphatic rings. The van der Waals surface area contributed by atoms with Crippen LogP contribution in [0.5, 0.6) is 0 Å². The summed E-state index contributed by atoms with van der Waals surface area (Å²) in [5.74, 6) is 1.49. The highest BCUT2D eigenvalue weighted by atomic mass is 16.5. The normalized spacial score (nSPS) is 28.8. The van der Waals surface area contributed by atoms with Crippen LogP contribution in [0.25, 0.3) is 0 Å². The topological polar surface area (TPSA) is 41.5 Å². The molecule has 2 N–H and O–H groups in total. The number of nitrogens with one attached hydrogen (secondary N) is 1. The first-order valence-corrected chi connectivity index (χ1v) is 7.53. The Bertz CT molecular complexity index is 211. The number of aliphatic hydroxyl groups is 1. The van der Waals surface area contributed by atoms with E-state index >= 15 is 0 Å². The number of ether oxygens (including phenoxy) is 1. The van der Waals surface area contributed by atoms with E-state index < -0.39 is 5.60 Å². The van der Waals surface area contributed by atoms with Crippen LogP contribution in [0.2, 0.25) is 0 Å². The summed E-state index contributed by atoms with van der Waals surface area (Å²) in [6.45, 7) is 9.85. The van der Waals surface area contributed by atoms with Crippen LogP contribution in [0, 0.1) is 11.8 Å². The molecular weight excluding hydrogens is 226 g/mol. The van der Waals surface area contributed by atoms with Gasteiger partial charge in [0, 0.05) is 19.7 Å². The maximum atomic E-state index is 10.4. The molecular formula is C15H31NO2. The molecule has 0 heterocycles. The lowest BCUT2D eigenvalue weighted by Crippen LogP contribution is -2.44. The summed E-state index contributed by atoms with van der Waals surface area (Å²) in [7, 11) is 0. The molecule has 0 aromatic rings. The Morgan fingerprint density at radius 3 is 2.56 bits per heavy atom. The fraction of sp³-hybridized carbons (Fsp3) is 1.00. The molecule has 0 aromatic heterocycles. The van der Waals surface area contributed by atoms with E-state index in [4.69, 9.17) is 4.74 Å². The van der Waals surface area contributed by atoms with Gasteiger partial charge >= 0.3 is 0 Å². The molecule has 3 nitrogen and oxygen atoms in total. The molecule has 18 heavy (non-hydrogen) atoms. The van der Waals surface area contributed by atoms with Gasteiger partial charge in [-0.15, -0.1) is 0 Å². The Morgan fingerprint density at radius 2 is 1.94 bits per heavy atom. The molecule has 0 spiro atoms. The fourth-order valence-electron chi connectivity index (χ4n) is 2.36. The molecule has 0 unspecified atom stereocenters. The van der Waals surface area contributed by atoms with Gasteiger partial charge in [0.1, 0.15) is 0 Å². The lowest BCUT2D eigenvalue weighted by molar-refractivity contribution is -0.00738. The Balaban J connectivity index is 1.97. The summed E-state index contributed by atoms with van der Waals surface area (Å²) in [4.78, 5) is 0. The van der Waals surface area contributed by atoms with Gasteiger partial charge in [0.15, 0.2) is 0 Å². The van der Waals surface area contributed by atoms with Crippen LogP contribution in [-0.4, -0.2) is 37.0 Å². The van der Waals surface area contributed by atoms with Crippen LogP contribution in [0.15, 0.2) is 0 Å². The molecule has 0 bridgehead atoms. The van der Waals surface area contributed by atoms with Crippen LogP contribution in [-0.2, 0) is 4.74 Å². The highest BCUT2D eigenvalue weighted by molar-refractivity contribution is 4.86. The molecule has 3 heteroatoms. The van der Waals surface area contributed by atoms with Crippen LogP contribution in [0.1, 0.15) is 52.9 Å². The van der Waals surface area contributed by atoms with Gasteiger partial charge in [-0.2, -0.15) is 0 Å². The highest BCUT2D eigenvalue weighted by Crippen LogP contribution is 2.31. The second-order valence-electron chi connectivity index (χ2n) is 6.38. The van der Waals surface area contributed by atoms with Gasteiger partial charge < -0.3 is 15.2 Å². The molecule has 1 saturated carbocycles. The van der Waals surface area contributed by atoms with Crippen molar-refractivity contribution < 1.29 is 9.84 Å². The number of rotatable bonds is 8. The SMILES string of the molecule is CC(C)CCOCCNCC1(O)CCC(C)CC1. The van der Waals surface area contributed by atoms with Crippen molar-refractivity contribution in [1.29, 1.82) is 0 Å². The second-order valence-corrected chi connectivity index (χ2v) is 6.38. The maximum Gasteiger partial charge on any atom is 0.0771 e. The summed E-state index contributed by atoms with van der Waals surface area (Å²) >= 11 is 0. The van der Waals surface area contributed by atoms with Gasteiger partial charge in [0.05, 0.1) is 12.2 Å². The quantitative estimate of drug-likeness (QED) is 0.657. The van der Waals surface area contributed by atoms with Crippen molar-refractivity contribution in [2.24, 2.45) is 11.8 Å². The maximum absolute atomic E-state index is 10.4. The zero-order valence-electron chi connectivity index (χ0n) is 12.4. The van der Waals surface area contributed by atoms with Gasteiger partial charge in [-0.3, -0.25) is 0 Å². The summed E-state index contributed by atoms with van der Waals surface area (Å²) < 4.78 is 5.54. The lowest BCUT2D eigenvalue weighted by atomic mass is 9.79. The van der Waals surface area contributed by atoms with E-state index in [0.717, 1.165) is 57.8 Å². The minimum atomic E-state index is -0.468. The highest BCUT2D eigenvalue weighted by Gasteiger charge is 2.30. The third-order valence-electron chi connectivity index (χ3n) is 3.92. The smallest absolute Gasteiger partial charge is 0.0771 e. The van der Waals surface area contributed by atoms with Gasteiger partial charge in [-0.1, -0.05) is 20.8 Å². The van der Waals surface area contributed by atoms with E-state index in [2.05, 4.69) is 26.1 Å². The molecule has 0 amide bonds. The summed E-state index contributed by atoms with van der Waals surface area (Å²) in [6.07, 6.45) is 5.32. The minimum Gasteiger partial charge on any atom is -0.389 e. The number of hydrogen-bond acceptors (Lipinski definition) is 3. The van der Waals surface area contributed by atoms with Crippen molar-refractivity contribution in [2.75, 3.05) is 26.3 Å². The van der Waals surface area contributed by atoms with Gasteiger partial charge in [-0.05, 0) is 43.9 Å². The van der Waals surface area contributed by atoms with Crippen LogP contribution in [0.4, 0.5) is 0 Å². The lowest BCUT2D eigenvalue weighted by Gasteiger charge is -2.35. The minimum absolute atomic E-state index is 0.468. The van der Waals surface area contributed by atoms with Crippen LogP contribution < -0.4 is 5.32 Å². The monoisotopic (exact) mass is 257 g/mol. The first kappa shape index (κ1) is 15.9. The molecule has 0 atom stereocenters. The largest absolute Gasteiger partial charge is 0.389 e. The van der Waals surface area contributed by atoms with Gasteiger partial charge in [0.2, 0.25) is 0 Å². The van der Waals surface area contributed by atoms with Crippen molar-refractivity contribution in [3.63, 3.8) is 0 Å². The van der Waals surface area contributed by atoms with Crippen molar-refractivity contribution >= 4 is 0 Å². The Morgan fingerprint density at radius 1 is 1.28 bits per heavy atom. The van der Waals surface area contributed by atoms with Crippen molar-refractivity contribution in [3.05, 3.63) is 0 Å². The third kappa shape index (κ3) is 6.72. The first-order valence-electron chi connectivity index (χ1n) is 7.53. The molecule has 0 aliphatic heterocycles. The Labute approximate surface area is 112 Å². The zero-order valence-corrected chi connectivity index (χ0v) is 12.4. The molecule has 108 valence electrons. The molecule has 0 saturated heterocycles. The van der Waals surface area contributed by atoms with E-state index in [-0.39, 0.29) is 0 Å². The predicted octanol–water partition coefficient (Wildman–Crippen LogP) is 2.58. The van der Waals surface area contributed by atoms with E-state index in [1.807, 2.05) is 0 Å². The van der Waals surface area contributed by atoms with Crippen molar-refractivity contribution in [3.8, 4) is 0 Å². The summed E-state index contributed by atoms with van der Waals surface area (Å²) in [5, 5.41) is 13.7. The van der Waals surface area contributed by atoms with Crippen LogP contribution in [0.3, 0.4) is 0 Å². The predicted molar refractivity (Wildman–Crippen MR) is 75.7 cm³/mol. The zero-order chi connectivity index (χ0) is 13.4. The van der Waals surface area contributed by atoms with E-state index in [9.17, 15) is 5.11 Å². The molecule has 1 aliphatic carbocycles. The van der Waals surface area contributed by atoms with E-state index in [1.165, 1.54) is 0 Å². The summed E-state index contributed by atoms with van der Waals surface area (Å²) in [5.41, 5.74) is -0.468. The van der Waals surface area contributed by atoms with E-state index in [0.29, 0.717) is 12.5 Å². The Hall–Kier alpha value is -0.120. The third-order valence-corrected chi connectivity index (χ3v) is 3.92. The first-order chi connectivity index (χ1) is 8.52.